The molecule has 1 aromatic carbocycles. The summed E-state index contributed by atoms with van der Waals surface area (Å²) in [5.41, 5.74) is -0.915. The van der Waals surface area contributed by atoms with Crippen LogP contribution in [0.3, 0.4) is 0 Å². The third kappa shape index (κ3) is 4.58. The van der Waals surface area contributed by atoms with E-state index in [-0.39, 0.29) is 23.0 Å². The van der Waals surface area contributed by atoms with Crippen molar-refractivity contribution in [3.8, 4) is 0 Å². The Morgan fingerprint density at radius 2 is 1.96 bits per heavy atom. The fourth-order valence-electron chi connectivity index (χ4n) is 2.62. The monoisotopic (exact) mass is 401 g/mol. The minimum Gasteiger partial charge on any atom is -0.311 e. The van der Waals surface area contributed by atoms with Gasteiger partial charge in [-0.2, -0.15) is 0 Å². The lowest BCUT2D eigenvalue weighted by Gasteiger charge is -2.14. The predicted octanol–water partition coefficient (Wildman–Crippen LogP) is 1.16. The van der Waals surface area contributed by atoms with Crippen LogP contribution in [-0.4, -0.2) is 31.2 Å². The van der Waals surface area contributed by atoms with Gasteiger partial charge in [-0.3, -0.25) is 23.9 Å². The van der Waals surface area contributed by atoms with Gasteiger partial charge < -0.3 is 10.3 Å². The number of rotatable bonds is 6. The Hall–Kier alpha value is -3.14. The number of nitrogens with zero attached hydrogens (tertiary/aromatic N) is 2. The quantitative estimate of drug-likeness (QED) is 0.420. The zero-order valence-corrected chi connectivity index (χ0v) is 16.1. The summed E-state index contributed by atoms with van der Waals surface area (Å²) in [7, 11) is 0. The molecular formula is C18H19N5O4S. The molecule has 146 valence electrons. The molecule has 2 heterocycles. The molecule has 3 aromatic rings. The zero-order valence-electron chi connectivity index (χ0n) is 15.3. The van der Waals surface area contributed by atoms with Crippen LogP contribution >= 0.6 is 11.8 Å². The van der Waals surface area contributed by atoms with Gasteiger partial charge in [0.05, 0.1) is 16.7 Å². The molecule has 3 rings (SSSR count). The van der Waals surface area contributed by atoms with Crippen molar-refractivity contribution in [2.24, 2.45) is 5.92 Å². The number of carbonyl (C=O) groups is 1. The van der Waals surface area contributed by atoms with Crippen LogP contribution in [0.25, 0.3) is 10.9 Å². The van der Waals surface area contributed by atoms with Crippen molar-refractivity contribution in [2.45, 2.75) is 25.5 Å². The molecule has 1 amide bonds. The maximum Gasteiger partial charge on any atom is 0.329 e. The Morgan fingerprint density at radius 1 is 1.21 bits per heavy atom. The average molecular weight is 401 g/mol. The van der Waals surface area contributed by atoms with Gasteiger partial charge in [-0.1, -0.05) is 37.7 Å². The smallest absolute Gasteiger partial charge is 0.311 e. The molecule has 0 aliphatic carbocycles. The molecule has 3 N–H and O–H groups in total. The Labute approximate surface area is 163 Å². The van der Waals surface area contributed by atoms with E-state index in [4.69, 9.17) is 0 Å². The fraction of sp³-hybridized carbons (Fsp3) is 0.278. The van der Waals surface area contributed by atoms with E-state index >= 15 is 0 Å². The molecule has 10 heteroatoms. The zero-order chi connectivity index (χ0) is 20.3. The van der Waals surface area contributed by atoms with E-state index < -0.39 is 17.2 Å². The lowest BCUT2D eigenvalue weighted by Crippen LogP contribution is -2.34. The standard InChI is InChI=1S/C18H19N5O4S/c1-10(2)8-23-13(7-14(24)21-18(23)27)20-15(25)9-28-17-19-12-6-4-3-5-11(12)16(26)22-17/h3-7,10H,8-9H2,1-2H3,(H,20,25)(H,19,22,26)(H,21,24,27). The SMILES string of the molecule is CC(C)Cn1c(NC(=O)CSc2nc3ccccc3c(=O)[nH]2)cc(=O)[nH]c1=O. The van der Waals surface area contributed by atoms with Gasteiger partial charge in [0, 0.05) is 12.6 Å². The number of carbonyl (C=O) groups excluding carboxylic acids is 1. The molecule has 0 aliphatic heterocycles. The largest absolute Gasteiger partial charge is 0.329 e. The van der Waals surface area contributed by atoms with Crippen LogP contribution in [0.5, 0.6) is 0 Å². The maximum absolute atomic E-state index is 12.3. The van der Waals surface area contributed by atoms with Gasteiger partial charge in [-0.05, 0) is 18.1 Å². The molecule has 9 nitrogen and oxygen atoms in total. The highest BCUT2D eigenvalue weighted by atomic mass is 32.2. The first-order valence-electron chi connectivity index (χ1n) is 8.59. The van der Waals surface area contributed by atoms with Crippen LogP contribution in [0.15, 0.2) is 49.9 Å². The number of H-pyrrole nitrogens is 2. The fourth-order valence-corrected chi connectivity index (χ4v) is 3.28. The van der Waals surface area contributed by atoms with Crippen LogP contribution in [-0.2, 0) is 11.3 Å². The summed E-state index contributed by atoms with van der Waals surface area (Å²) >= 11 is 1.05. The highest BCUT2D eigenvalue weighted by Crippen LogP contribution is 2.15. The molecule has 0 bridgehead atoms. The number of fused-ring (bicyclic) bond motifs is 1. The minimum atomic E-state index is -0.589. The van der Waals surface area contributed by atoms with Gasteiger partial charge in [-0.15, -0.1) is 0 Å². The van der Waals surface area contributed by atoms with Gasteiger partial charge in [0.25, 0.3) is 11.1 Å². The molecule has 0 fully saturated rings. The lowest BCUT2D eigenvalue weighted by atomic mass is 10.2. The second-order valence-corrected chi connectivity index (χ2v) is 7.52. The number of aromatic nitrogens is 4. The summed E-state index contributed by atoms with van der Waals surface area (Å²) in [4.78, 5) is 57.1. The topological polar surface area (TPSA) is 130 Å². The summed E-state index contributed by atoms with van der Waals surface area (Å²) in [5, 5.41) is 3.36. The summed E-state index contributed by atoms with van der Waals surface area (Å²) in [5.74, 6) is -0.207. The number of aromatic amines is 2. The molecule has 0 unspecified atom stereocenters. The molecule has 2 aromatic heterocycles. The van der Waals surface area contributed by atoms with Gasteiger partial charge in [0.1, 0.15) is 5.82 Å². The van der Waals surface area contributed by atoms with E-state index in [2.05, 4.69) is 20.3 Å². The van der Waals surface area contributed by atoms with Crippen molar-refractivity contribution in [2.75, 3.05) is 11.1 Å². The van der Waals surface area contributed by atoms with Crippen LogP contribution < -0.4 is 22.1 Å². The van der Waals surface area contributed by atoms with Gasteiger partial charge in [0.15, 0.2) is 5.16 Å². The third-order valence-electron chi connectivity index (χ3n) is 3.78. The van der Waals surface area contributed by atoms with E-state index in [1.807, 2.05) is 13.8 Å². The maximum atomic E-state index is 12.3. The number of thioether (sulfide) groups is 1. The first-order valence-corrected chi connectivity index (χ1v) is 9.58. The number of nitrogens with one attached hydrogen (secondary N) is 3. The second-order valence-electron chi connectivity index (χ2n) is 6.55. The number of para-hydroxylation sites is 1. The van der Waals surface area contributed by atoms with Gasteiger partial charge in [-0.25, -0.2) is 9.78 Å². The van der Waals surface area contributed by atoms with E-state index in [9.17, 15) is 19.2 Å². The van der Waals surface area contributed by atoms with Crippen LogP contribution in [0.1, 0.15) is 13.8 Å². The Kier molecular flexibility index (Phi) is 5.78. The van der Waals surface area contributed by atoms with Crippen molar-refractivity contribution < 1.29 is 4.79 Å². The average Bonchev–Trinajstić information content (AvgIpc) is 2.63. The van der Waals surface area contributed by atoms with E-state index in [0.717, 1.165) is 11.8 Å². The third-order valence-corrected chi connectivity index (χ3v) is 4.65. The van der Waals surface area contributed by atoms with Crippen LogP contribution in [0, 0.1) is 5.92 Å². The van der Waals surface area contributed by atoms with E-state index in [1.165, 1.54) is 10.6 Å². The number of anilines is 1. The second kappa shape index (κ2) is 8.26. The van der Waals surface area contributed by atoms with Gasteiger partial charge >= 0.3 is 5.69 Å². The molecule has 0 radical (unpaired) electrons. The normalized spacial score (nSPS) is 11.1. The van der Waals surface area contributed by atoms with E-state index in [0.29, 0.717) is 22.6 Å². The Bertz CT molecular complexity index is 1190. The number of hydrogen-bond acceptors (Lipinski definition) is 6. The summed E-state index contributed by atoms with van der Waals surface area (Å²) in [6, 6.07) is 8.08. The first kappa shape index (κ1) is 19.6. The highest BCUT2D eigenvalue weighted by molar-refractivity contribution is 7.99. The number of amides is 1. The lowest BCUT2D eigenvalue weighted by molar-refractivity contribution is -0.113. The van der Waals surface area contributed by atoms with Crippen LogP contribution in [0.4, 0.5) is 5.82 Å². The van der Waals surface area contributed by atoms with Crippen molar-refractivity contribution in [3.05, 3.63) is 61.5 Å². The van der Waals surface area contributed by atoms with Crippen LogP contribution in [0.2, 0.25) is 0 Å². The van der Waals surface area contributed by atoms with Crippen molar-refractivity contribution in [3.63, 3.8) is 0 Å². The number of hydrogen-bond donors (Lipinski definition) is 3. The first-order chi connectivity index (χ1) is 13.3. The predicted molar refractivity (Wildman–Crippen MR) is 108 cm³/mol. The van der Waals surface area contributed by atoms with Crippen molar-refractivity contribution in [1.82, 2.24) is 19.5 Å². The molecule has 28 heavy (non-hydrogen) atoms. The summed E-state index contributed by atoms with van der Waals surface area (Å²) < 4.78 is 1.31. The Balaban J connectivity index is 1.76. The molecule has 0 atom stereocenters. The highest BCUT2D eigenvalue weighted by Gasteiger charge is 2.12. The molecule has 0 saturated heterocycles. The Morgan fingerprint density at radius 3 is 2.71 bits per heavy atom. The van der Waals surface area contributed by atoms with Crippen molar-refractivity contribution >= 4 is 34.4 Å². The van der Waals surface area contributed by atoms with Crippen molar-refractivity contribution in [1.29, 1.82) is 0 Å². The molecule has 0 aliphatic rings. The summed E-state index contributed by atoms with van der Waals surface area (Å²) in [6.07, 6.45) is 0. The molecule has 0 saturated carbocycles. The van der Waals surface area contributed by atoms with E-state index in [1.54, 1.807) is 24.3 Å². The summed E-state index contributed by atoms with van der Waals surface area (Å²) in [6.45, 7) is 4.18. The molecule has 0 spiro atoms. The minimum absolute atomic E-state index is 0.0516. The van der Waals surface area contributed by atoms with Gasteiger partial charge in [0.2, 0.25) is 5.91 Å². The molecular weight excluding hydrogens is 382 g/mol. The number of benzene rings is 1.